The summed E-state index contributed by atoms with van der Waals surface area (Å²) in [7, 11) is 3.14. The summed E-state index contributed by atoms with van der Waals surface area (Å²) in [4.78, 5) is 12.6. The molecule has 0 fully saturated rings. The molecule has 0 aliphatic rings. The summed E-state index contributed by atoms with van der Waals surface area (Å²) in [5.74, 6) is 1.07. The van der Waals surface area contributed by atoms with Crippen molar-refractivity contribution < 1.29 is 19.4 Å². The van der Waals surface area contributed by atoms with Gasteiger partial charge in [-0.15, -0.1) is 0 Å². The molecule has 7 heteroatoms. The first-order valence-electron chi connectivity index (χ1n) is 10.3. The third kappa shape index (κ3) is 4.43. The number of hydrogen-bond acceptors (Lipinski definition) is 5. The molecule has 1 aromatic heterocycles. The zero-order valence-electron chi connectivity index (χ0n) is 18.2. The first kappa shape index (κ1) is 21.4. The summed E-state index contributed by atoms with van der Waals surface area (Å²) < 4.78 is 10.6. The molecular formula is C25H25N3O4. The summed E-state index contributed by atoms with van der Waals surface area (Å²) in [6.45, 7) is 1.73. The molecule has 0 saturated carbocycles. The van der Waals surface area contributed by atoms with Crippen LogP contribution in [-0.2, 0) is 11.2 Å². The van der Waals surface area contributed by atoms with Crippen LogP contribution in [0.2, 0.25) is 0 Å². The molecule has 164 valence electrons. The molecule has 32 heavy (non-hydrogen) atoms. The van der Waals surface area contributed by atoms with E-state index in [0.29, 0.717) is 17.2 Å². The minimum Gasteiger partial charge on any atom is -0.493 e. The number of nitrogens with one attached hydrogen (secondary N) is 2. The molecule has 7 nitrogen and oxygen atoms in total. The molecule has 1 amide bonds. The highest BCUT2D eigenvalue weighted by Crippen LogP contribution is 2.30. The van der Waals surface area contributed by atoms with E-state index in [9.17, 15) is 9.90 Å². The lowest BCUT2D eigenvalue weighted by Gasteiger charge is -2.10. The molecule has 1 heterocycles. The van der Waals surface area contributed by atoms with Crippen molar-refractivity contribution in [3.8, 4) is 22.8 Å². The van der Waals surface area contributed by atoms with Crippen LogP contribution in [0.25, 0.3) is 22.2 Å². The average molecular weight is 431 g/mol. The van der Waals surface area contributed by atoms with E-state index in [1.54, 1.807) is 33.3 Å². The number of amides is 1. The molecule has 0 bridgehead atoms. The van der Waals surface area contributed by atoms with E-state index in [1.165, 1.54) is 0 Å². The van der Waals surface area contributed by atoms with Gasteiger partial charge in [-0.05, 0) is 48.4 Å². The number of ether oxygens (including phenoxy) is 2. The first-order chi connectivity index (χ1) is 15.5. The second kappa shape index (κ2) is 9.11. The number of hydrogen-bond donors (Lipinski definition) is 3. The second-order valence-corrected chi connectivity index (χ2v) is 7.54. The van der Waals surface area contributed by atoms with Gasteiger partial charge in [-0.2, -0.15) is 5.10 Å². The number of aromatic nitrogens is 2. The minimum absolute atomic E-state index is 0.136. The number of aliphatic hydroxyl groups excluding tert-OH is 1. The highest BCUT2D eigenvalue weighted by atomic mass is 16.5. The zero-order valence-corrected chi connectivity index (χ0v) is 18.2. The second-order valence-electron chi connectivity index (χ2n) is 7.54. The average Bonchev–Trinajstić information content (AvgIpc) is 3.22. The maximum absolute atomic E-state index is 12.6. The highest BCUT2D eigenvalue weighted by molar-refractivity contribution is 5.98. The van der Waals surface area contributed by atoms with Crippen molar-refractivity contribution in [1.29, 1.82) is 0 Å². The molecule has 0 saturated heterocycles. The maximum atomic E-state index is 12.6. The summed E-state index contributed by atoms with van der Waals surface area (Å²) in [5.41, 5.74) is 4.94. The van der Waals surface area contributed by atoms with E-state index < -0.39 is 6.10 Å². The molecule has 3 N–H and O–H groups in total. The molecule has 0 aliphatic heterocycles. The fraction of sp³-hybridized carbons (Fsp3) is 0.200. The smallest absolute Gasteiger partial charge is 0.228 e. The molecule has 0 aliphatic carbocycles. The summed E-state index contributed by atoms with van der Waals surface area (Å²) in [5, 5.41) is 21.0. The summed E-state index contributed by atoms with van der Waals surface area (Å²) in [6.07, 6.45) is -0.315. The van der Waals surface area contributed by atoms with Crippen LogP contribution >= 0.6 is 0 Å². The SMILES string of the molecule is COc1ccc(CC(=O)Nc2ccc3[nH]nc(-c4ccc(C(C)O)cc4)c3c2)cc1OC. The van der Waals surface area contributed by atoms with E-state index in [2.05, 4.69) is 15.5 Å². The summed E-state index contributed by atoms with van der Waals surface area (Å²) in [6, 6.07) is 18.7. The molecule has 3 aromatic carbocycles. The van der Waals surface area contributed by atoms with Crippen molar-refractivity contribution in [2.75, 3.05) is 19.5 Å². The molecule has 0 radical (unpaired) electrons. The van der Waals surface area contributed by atoms with Crippen LogP contribution in [-0.4, -0.2) is 35.4 Å². The van der Waals surface area contributed by atoms with Crippen LogP contribution in [0.5, 0.6) is 11.5 Å². The number of anilines is 1. The van der Waals surface area contributed by atoms with Crippen LogP contribution in [0.4, 0.5) is 5.69 Å². The first-order valence-corrected chi connectivity index (χ1v) is 10.3. The lowest BCUT2D eigenvalue weighted by molar-refractivity contribution is -0.115. The largest absolute Gasteiger partial charge is 0.493 e. The molecular weight excluding hydrogens is 406 g/mol. The van der Waals surface area contributed by atoms with Gasteiger partial charge in [-0.25, -0.2) is 0 Å². The molecule has 4 aromatic rings. The molecule has 4 rings (SSSR count). The Morgan fingerprint density at radius 3 is 2.47 bits per heavy atom. The van der Waals surface area contributed by atoms with E-state index in [4.69, 9.17) is 9.47 Å². The van der Waals surface area contributed by atoms with Crippen molar-refractivity contribution >= 4 is 22.5 Å². The lowest BCUT2D eigenvalue weighted by atomic mass is 10.0. The number of H-pyrrole nitrogens is 1. The van der Waals surface area contributed by atoms with Gasteiger partial charge in [-0.3, -0.25) is 9.89 Å². The van der Waals surface area contributed by atoms with Crippen LogP contribution in [0.3, 0.4) is 0 Å². The Morgan fingerprint density at radius 2 is 1.78 bits per heavy atom. The predicted molar refractivity (Wildman–Crippen MR) is 124 cm³/mol. The van der Waals surface area contributed by atoms with Gasteiger partial charge >= 0.3 is 0 Å². The Balaban J connectivity index is 1.54. The lowest BCUT2D eigenvalue weighted by Crippen LogP contribution is -2.14. The number of benzene rings is 3. The third-order valence-electron chi connectivity index (χ3n) is 5.33. The van der Waals surface area contributed by atoms with Crippen molar-refractivity contribution in [2.24, 2.45) is 0 Å². The number of rotatable bonds is 7. The van der Waals surface area contributed by atoms with Crippen molar-refractivity contribution in [2.45, 2.75) is 19.4 Å². The van der Waals surface area contributed by atoms with Crippen molar-refractivity contribution in [1.82, 2.24) is 10.2 Å². The van der Waals surface area contributed by atoms with Gasteiger partial charge in [0, 0.05) is 16.6 Å². The molecule has 0 spiro atoms. The monoisotopic (exact) mass is 431 g/mol. The Hall–Kier alpha value is -3.84. The van der Waals surface area contributed by atoms with Crippen LogP contribution in [0, 0.1) is 0 Å². The van der Waals surface area contributed by atoms with E-state index in [1.807, 2.05) is 48.5 Å². The Labute approximate surface area is 186 Å². The van der Waals surface area contributed by atoms with Crippen molar-refractivity contribution in [3.05, 3.63) is 71.8 Å². The van der Waals surface area contributed by atoms with Gasteiger partial charge in [0.15, 0.2) is 11.5 Å². The van der Waals surface area contributed by atoms with Gasteiger partial charge in [0.2, 0.25) is 5.91 Å². The van der Waals surface area contributed by atoms with Crippen LogP contribution in [0.1, 0.15) is 24.2 Å². The number of fused-ring (bicyclic) bond motifs is 1. The Morgan fingerprint density at radius 1 is 1.03 bits per heavy atom. The van der Waals surface area contributed by atoms with Crippen LogP contribution in [0.15, 0.2) is 60.7 Å². The summed E-state index contributed by atoms with van der Waals surface area (Å²) >= 11 is 0. The standard InChI is InChI=1S/C25H25N3O4/c1-15(29)17-5-7-18(8-6-17)25-20-14-19(9-10-21(20)27-28-25)26-24(30)13-16-4-11-22(31-2)23(12-16)32-3/h4-12,14-15,29H,13H2,1-3H3,(H,26,30)(H,27,28). The molecule has 1 unspecified atom stereocenters. The zero-order chi connectivity index (χ0) is 22.7. The van der Waals surface area contributed by atoms with E-state index in [0.717, 1.165) is 33.3 Å². The fourth-order valence-corrected chi connectivity index (χ4v) is 3.61. The number of aliphatic hydroxyl groups is 1. The number of aromatic amines is 1. The van der Waals surface area contributed by atoms with Crippen LogP contribution < -0.4 is 14.8 Å². The molecule has 1 atom stereocenters. The van der Waals surface area contributed by atoms with Crippen molar-refractivity contribution in [3.63, 3.8) is 0 Å². The van der Waals surface area contributed by atoms with Gasteiger partial charge in [0.1, 0.15) is 0 Å². The highest BCUT2D eigenvalue weighted by Gasteiger charge is 2.12. The predicted octanol–water partition coefficient (Wildman–Crippen LogP) is 4.48. The van der Waals surface area contributed by atoms with E-state index in [-0.39, 0.29) is 12.3 Å². The van der Waals surface area contributed by atoms with Gasteiger partial charge in [-0.1, -0.05) is 30.3 Å². The topological polar surface area (TPSA) is 96.5 Å². The third-order valence-corrected chi connectivity index (χ3v) is 5.33. The Bertz CT molecular complexity index is 1250. The maximum Gasteiger partial charge on any atom is 0.228 e. The normalized spacial score (nSPS) is 11.9. The quantitative estimate of drug-likeness (QED) is 0.401. The number of carbonyl (C=O) groups excluding carboxylic acids is 1. The Kier molecular flexibility index (Phi) is 6.09. The van der Waals surface area contributed by atoms with Gasteiger partial charge < -0.3 is 19.9 Å². The fourth-order valence-electron chi connectivity index (χ4n) is 3.61. The number of methoxy groups -OCH3 is 2. The number of nitrogens with zero attached hydrogens (tertiary/aromatic N) is 1. The van der Waals surface area contributed by atoms with Gasteiger partial charge in [0.05, 0.1) is 38.0 Å². The number of carbonyl (C=O) groups is 1. The van der Waals surface area contributed by atoms with Gasteiger partial charge in [0.25, 0.3) is 0 Å². The minimum atomic E-state index is -0.521. The van der Waals surface area contributed by atoms with E-state index >= 15 is 0 Å².